The van der Waals surface area contributed by atoms with Crippen LogP contribution in [0.25, 0.3) is 0 Å². The monoisotopic (exact) mass is 222 g/mol. The van der Waals surface area contributed by atoms with E-state index in [0.29, 0.717) is 6.42 Å². The van der Waals surface area contributed by atoms with Gasteiger partial charge >= 0.3 is 29.6 Å². The Bertz CT molecular complexity index is 191. The molecule has 0 radical (unpaired) electrons. The zero-order chi connectivity index (χ0) is 9.45. The standard InChI is InChI=1S/C6H14O5S.Na.H/c7-3-1-5-11-12(9,10)6-2-4-8;;/h7-8H,1-6H2;;. The van der Waals surface area contributed by atoms with Crippen molar-refractivity contribution in [1.29, 1.82) is 0 Å². The van der Waals surface area contributed by atoms with Crippen LogP contribution in [-0.2, 0) is 14.3 Å². The summed E-state index contributed by atoms with van der Waals surface area (Å²) in [6, 6.07) is 0. The third-order valence-electron chi connectivity index (χ3n) is 1.12. The van der Waals surface area contributed by atoms with Gasteiger partial charge in [0.1, 0.15) is 0 Å². The maximum atomic E-state index is 10.8. The van der Waals surface area contributed by atoms with Crippen LogP contribution in [0.2, 0.25) is 0 Å². The van der Waals surface area contributed by atoms with Crippen molar-refractivity contribution in [2.45, 2.75) is 12.8 Å². The molecule has 0 rings (SSSR count). The molecule has 0 spiro atoms. The molecule has 0 aromatic rings. The fourth-order valence-corrected chi connectivity index (χ4v) is 1.52. The van der Waals surface area contributed by atoms with E-state index in [1.807, 2.05) is 0 Å². The molecule has 0 amide bonds. The molecule has 5 nitrogen and oxygen atoms in total. The van der Waals surface area contributed by atoms with Crippen molar-refractivity contribution >= 4 is 39.7 Å². The number of hydrogen-bond acceptors (Lipinski definition) is 5. The molecule has 0 heterocycles. The maximum absolute atomic E-state index is 10.8. The van der Waals surface area contributed by atoms with Crippen molar-refractivity contribution in [2.75, 3.05) is 25.6 Å². The predicted molar refractivity (Wildman–Crippen MR) is 50.3 cm³/mol. The Morgan fingerprint density at radius 1 is 1.08 bits per heavy atom. The van der Waals surface area contributed by atoms with Crippen molar-refractivity contribution in [3.8, 4) is 0 Å². The van der Waals surface area contributed by atoms with Gasteiger partial charge in [0.15, 0.2) is 0 Å². The Kier molecular flexibility index (Phi) is 11.7. The summed E-state index contributed by atoms with van der Waals surface area (Å²) in [4.78, 5) is 0. The third-order valence-corrected chi connectivity index (χ3v) is 2.43. The van der Waals surface area contributed by atoms with Crippen LogP contribution in [0.5, 0.6) is 0 Å². The topological polar surface area (TPSA) is 83.8 Å². The fourth-order valence-electron chi connectivity index (χ4n) is 0.551. The van der Waals surface area contributed by atoms with Crippen LogP contribution in [0.15, 0.2) is 0 Å². The molecular formula is C6H15NaO5S. The second-order valence-corrected chi connectivity index (χ2v) is 4.00. The minimum atomic E-state index is -3.49. The van der Waals surface area contributed by atoms with Crippen LogP contribution in [0.1, 0.15) is 12.8 Å². The second kappa shape index (κ2) is 9.39. The van der Waals surface area contributed by atoms with Crippen LogP contribution in [0.4, 0.5) is 0 Å². The van der Waals surface area contributed by atoms with Gasteiger partial charge in [0.25, 0.3) is 10.1 Å². The van der Waals surface area contributed by atoms with Crippen LogP contribution in [0, 0.1) is 0 Å². The summed E-state index contributed by atoms with van der Waals surface area (Å²) in [6.07, 6.45) is 0.486. The molecule has 0 saturated carbocycles. The summed E-state index contributed by atoms with van der Waals surface area (Å²) < 4.78 is 26.2. The quantitative estimate of drug-likeness (QED) is 0.309. The van der Waals surface area contributed by atoms with Gasteiger partial charge in [-0.3, -0.25) is 4.18 Å². The van der Waals surface area contributed by atoms with E-state index in [1.165, 1.54) is 0 Å². The van der Waals surface area contributed by atoms with Gasteiger partial charge in [0.05, 0.1) is 12.4 Å². The van der Waals surface area contributed by atoms with E-state index in [1.54, 1.807) is 0 Å². The van der Waals surface area contributed by atoms with E-state index in [2.05, 4.69) is 4.18 Å². The average molecular weight is 222 g/mol. The summed E-state index contributed by atoms with van der Waals surface area (Å²) in [6.45, 7) is -0.248. The molecule has 7 heteroatoms. The summed E-state index contributed by atoms with van der Waals surface area (Å²) in [5.74, 6) is -0.172. The van der Waals surface area contributed by atoms with Crippen LogP contribution >= 0.6 is 0 Å². The van der Waals surface area contributed by atoms with Crippen molar-refractivity contribution in [3.05, 3.63) is 0 Å². The Labute approximate surface area is 101 Å². The Hall–Kier alpha value is 0.830. The van der Waals surface area contributed by atoms with Crippen molar-refractivity contribution in [2.24, 2.45) is 0 Å². The molecule has 13 heavy (non-hydrogen) atoms. The van der Waals surface area contributed by atoms with Gasteiger partial charge in [-0.2, -0.15) is 8.42 Å². The zero-order valence-corrected chi connectivity index (χ0v) is 7.59. The molecule has 2 N–H and O–H groups in total. The molecule has 76 valence electrons. The predicted octanol–water partition coefficient (Wildman–Crippen LogP) is -1.55. The molecule has 0 unspecified atom stereocenters. The van der Waals surface area contributed by atoms with Crippen LogP contribution in [-0.4, -0.2) is 73.8 Å². The summed E-state index contributed by atoms with van der Waals surface area (Å²) >= 11 is 0. The summed E-state index contributed by atoms with van der Waals surface area (Å²) in [5.41, 5.74) is 0. The normalized spacial score (nSPS) is 10.9. The van der Waals surface area contributed by atoms with Gasteiger partial charge in [0, 0.05) is 13.2 Å². The number of hydrogen-bond donors (Lipinski definition) is 2. The van der Waals surface area contributed by atoms with E-state index in [4.69, 9.17) is 10.2 Å². The molecule has 0 bridgehead atoms. The fraction of sp³-hybridized carbons (Fsp3) is 1.00. The van der Waals surface area contributed by atoms with Gasteiger partial charge < -0.3 is 10.2 Å². The number of rotatable bonds is 7. The van der Waals surface area contributed by atoms with Crippen molar-refractivity contribution in [3.63, 3.8) is 0 Å². The van der Waals surface area contributed by atoms with Crippen molar-refractivity contribution in [1.82, 2.24) is 0 Å². The van der Waals surface area contributed by atoms with Crippen LogP contribution in [0.3, 0.4) is 0 Å². The SMILES string of the molecule is O=S(=O)(CCCO)OCCCO.[NaH]. The molecule has 0 fully saturated rings. The van der Waals surface area contributed by atoms with Gasteiger partial charge in [-0.25, -0.2) is 0 Å². The summed E-state index contributed by atoms with van der Waals surface area (Å²) in [7, 11) is -3.49. The number of aliphatic hydroxyl groups is 2. The molecule has 0 aliphatic carbocycles. The minimum absolute atomic E-state index is 0. The molecule has 0 aliphatic heterocycles. The molecule has 0 aromatic heterocycles. The molecule has 0 aliphatic rings. The first kappa shape index (κ1) is 16.3. The Morgan fingerprint density at radius 2 is 1.62 bits per heavy atom. The van der Waals surface area contributed by atoms with Gasteiger partial charge in [-0.15, -0.1) is 0 Å². The first-order valence-electron chi connectivity index (χ1n) is 3.71. The van der Waals surface area contributed by atoms with Gasteiger partial charge in [0.2, 0.25) is 0 Å². The van der Waals surface area contributed by atoms with E-state index >= 15 is 0 Å². The zero-order valence-electron chi connectivity index (χ0n) is 6.77. The van der Waals surface area contributed by atoms with E-state index in [-0.39, 0.29) is 61.6 Å². The summed E-state index contributed by atoms with van der Waals surface area (Å²) in [5, 5.41) is 16.7. The Balaban J connectivity index is 0. The number of aliphatic hydroxyl groups excluding tert-OH is 2. The molecule has 0 saturated heterocycles. The first-order chi connectivity index (χ1) is 5.62. The third kappa shape index (κ3) is 10.8. The van der Waals surface area contributed by atoms with E-state index in [9.17, 15) is 8.42 Å². The molecule has 0 aromatic carbocycles. The van der Waals surface area contributed by atoms with Crippen molar-refractivity contribution < 1.29 is 22.8 Å². The van der Waals surface area contributed by atoms with Crippen LogP contribution < -0.4 is 0 Å². The van der Waals surface area contributed by atoms with Gasteiger partial charge in [-0.05, 0) is 12.8 Å². The first-order valence-corrected chi connectivity index (χ1v) is 5.29. The van der Waals surface area contributed by atoms with Gasteiger partial charge in [-0.1, -0.05) is 0 Å². The second-order valence-electron chi connectivity index (χ2n) is 2.24. The van der Waals surface area contributed by atoms with E-state index < -0.39 is 10.1 Å². The average Bonchev–Trinajstić information content (AvgIpc) is 2.01. The molecular weight excluding hydrogens is 207 g/mol. The molecule has 0 atom stereocenters. The van der Waals surface area contributed by atoms with E-state index in [0.717, 1.165) is 0 Å². The Morgan fingerprint density at radius 3 is 2.08 bits per heavy atom.